The monoisotopic (exact) mass is 604 g/mol. The van der Waals surface area contributed by atoms with Crippen LogP contribution in [-0.2, 0) is 33.1 Å². The molecule has 8 bridgehead atoms. The molecule has 0 aromatic carbocycles. The summed E-state index contributed by atoms with van der Waals surface area (Å²) in [5.41, 5.74) is 13.2. The van der Waals surface area contributed by atoms with Crippen molar-refractivity contribution in [3.05, 3.63) is 81.9 Å². The van der Waals surface area contributed by atoms with Crippen LogP contribution >= 0.6 is 0 Å². The Balaban J connectivity index is 0.00000405. The molecule has 2 aliphatic heterocycles. The third-order valence-electron chi connectivity index (χ3n) is 8.13. The average molecular weight is 604 g/mol. The molecule has 1 radical (unpaired) electrons. The topological polar surface area (TPSA) is 129 Å². The van der Waals surface area contributed by atoms with Gasteiger partial charge in [-0.05, 0) is 70.2 Å². The molecule has 5 heterocycles. The number of aliphatic carboxylic acids is 2. The molecule has 0 fully saturated rings. The van der Waals surface area contributed by atoms with E-state index in [9.17, 15) is 19.8 Å². The number of allylic oxidation sites excluding steroid dienone is 5. The van der Waals surface area contributed by atoms with E-state index >= 15 is 0 Å². The van der Waals surface area contributed by atoms with Crippen LogP contribution in [0.25, 0.3) is 44.4 Å². The molecule has 0 spiro atoms. The van der Waals surface area contributed by atoms with E-state index in [0.29, 0.717) is 29.7 Å². The first-order chi connectivity index (χ1) is 19.5. The second kappa shape index (κ2) is 12.0. The number of hydrogen-bond acceptors (Lipinski definition) is 4. The molecular formula is C33H32FeN4O4+3. The Bertz CT molecular complexity index is 1870. The zero-order valence-corrected chi connectivity index (χ0v) is 25.4. The van der Waals surface area contributed by atoms with Crippen molar-refractivity contribution in [3.63, 3.8) is 0 Å². The Morgan fingerprint density at radius 2 is 1.24 bits per heavy atom. The predicted molar refractivity (Wildman–Crippen MR) is 161 cm³/mol. The molecule has 2 N–H and O–H groups in total. The van der Waals surface area contributed by atoms with Gasteiger partial charge < -0.3 is 20.2 Å². The van der Waals surface area contributed by atoms with Gasteiger partial charge in [-0.15, -0.1) is 22.1 Å². The Morgan fingerprint density at radius 3 is 1.88 bits per heavy atom. The summed E-state index contributed by atoms with van der Waals surface area (Å²) in [6.45, 7) is 14.0. The number of aromatic nitrogens is 4. The molecule has 0 unspecified atom stereocenters. The number of rotatable bonds is 7. The molecule has 9 heteroatoms. The van der Waals surface area contributed by atoms with E-state index in [-0.39, 0.29) is 29.9 Å². The summed E-state index contributed by atoms with van der Waals surface area (Å²) in [5, 5.41) is 18.8. The minimum absolute atomic E-state index is 0. The molecule has 0 saturated carbocycles. The summed E-state index contributed by atoms with van der Waals surface area (Å²) < 4.78 is 0. The second-order valence-corrected chi connectivity index (χ2v) is 10.6. The fourth-order valence-electron chi connectivity index (χ4n) is 5.46. The first kappa shape index (κ1) is 30.8. The molecule has 42 heavy (non-hydrogen) atoms. The summed E-state index contributed by atoms with van der Waals surface area (Å²) in [6.07, 6.45) is 2.35. The SMILES string of the molecule is C=CC1=C(C)c2cc3nc(cc4[n-]c(cc5[n-]c(cc1n2)c(C)c5C)c(C)c4CCC(=O)O)C(CCC(=O)O)=C3C.[Fe+5]. The van der Waals surface area contributed by atoms with Gasteiger partial charge in [0.1, 0.15) is 0 Å². The van der Waals surface area contributed by atoms with Gasteiger partial charge in [0, 0.05) is 18.4 Å². The summed E-state index contributed by atoms with van der Waals surface area (Å²) in [4.78, 5) is 42.7. The maximum absolute atomic E-state index is 11.5. The van der Waals surface area contributed by atoms with Gasteiger partial charge in [-0.3, -0.25) is 9.59 Å². The molecule has 0 saturated heterocycles. The Morgan fingerprint density at radius 1 is 0.714 bits per heavy atom. The summed E-state index contributed by atoms with van der Waals surface area (Å²) in [6, 6.07) is 7.71. The third kappa shape index (κ3) is 5.62. The van der Waals surface area contributed by atoms with E-state index in [0.717, 1.165) is 72.5 Å². The number of hydrogen-bond donors (Lipinski definition) is 2. The van der Waals surface area contributed by atoms with Gasteiger partial charge in [0.05, 0.1) is 22.8 Å². The van der Waals surface area contributed by atoms with Crippen molar-refractivity contribution in [3.8, 4) is 0 Å². The van der Waals surface area contributed by atoms with Crippen LogP contribution in [-0.4, -0.2) is 32.1 Å². The Kier molecular flexibility index (Phi) is 8.76. The van der Waals surface area contributed by atoms with Crippen LogP contribution in [0.2, 0.25) is 0 Å². The molecule has 0 aliphatic carbocycles. The number of nitrogens with zero attached hydrogens (tertiary/aromatic N) is 4. The molecule has 8 nitrogen and oxygen atoms in total. The van der Waals surface area contributed by atoms with Crippen LogP contribution in [0.4, 0.5) is 0 Å². The fraction of sp³-hybridized carbons (Fsp3) is 0.273. The molecule has 213 valence electrons. The van der Waals surface area contributed by atoms with Crippen LogP contribution in [0, 0.1) is 20.8 Å². The first-order valence-corrected chi connectivity index (χ1v) is 13.6. The molecular weight excluding hydrogens is 572 g/mol. The quantitative estimate of drug-likeness (QED) is 0.296. The number of fused-ring (bicyclic) bond motifs is 8. The fourth-order valence-corrected chi connectivity index (χ4v) is 5.46. The van der Waals surface area contributed by atoms with Crippen molar-refractivity contribution in [2.45, 2.75) is 60.3 Å². The second-order valence-electron chi connectivity index (χ2n) is 10.6. The smallest absolute Gasteiger partial charge is 0.657 e. The van der Waals surface area contributed by atoms with Gasteiger partial charge in [0.15, 0.2) is 0 Å². The van der Waals surface area contributed by atoms with Crippen molar-refractivity contribution >= 4 is 56.3 Å². The average Bonchev–Trinajstić information content (AvgIpc) is 3.56. The number of aryl methyl sites for hydroxylation is 4. The van der Waals surface area contributed by atoms with Crippen LogP contribution in [0.1, 0.15) is 78.1 Å². The van der Waals surface area contributed by atoms with Crippen LogP contribution in [0.3, 0.4) is 0 Å². The summed E-state index contributed by atoms with van der Waals surface area (Å²) >= 11 is 0. The number of carbonyl (C=O) groups is 2. The van der Waals surface area contributed by atoms with E-state index in [1.54, 1.807) is 6.08 Å². The largest absolute Gasteiger partial charge is 5.00 e. The Labute approximate surface area is 254 Å². The van der Waals surface area contributed by atoms with Crippen LogP contribution < -0.4 is 9.97 Å². The van der Waals surface area contributed by atoms with Crippen LogP contribution in [0.5, 0.6) is 0 Å². The summed E-state index contributed by atoms with van der Waals surface area (Å²) in [7, 11) is 0. The Hall–Kier alpha value is -4.20. The van der Waals surface area contributed by atoms with Gasteiger partial charge >= 0.3 is 29.0 Å². The van der Waals surface area contributed by atoms with Gasteiger partial charge in [-0.2, -0.15) is 0 Å². The molecule has 5 rings (SSSR count). The van der Waals surface area contributed by atoms with Gasteiger partial charge in [0.25, 0.3) is 0 Å². The number of carboxylic acids is 2. The van der Waals surface area contributed by atoms with Crippen molar-refractivity contribution in [2.24, 2.45) is 0 Å². The standard InChI is InChI=1S/C33H34N4O4.Fe/c1-7-21-18(4)26-13-28-20(6)23(9-11-33(40)41)31(37-28)15-30-22(8-10-32(38)39)19(5)27(36-30)12-24-16(2)17(3)25(34-24)14-29(21)35-26;/h7,12-15H,1,8-11H2,2-6H3,(H4,34,35,36,37,38,39,40,41);/q;+5/p-2. The van der Waals surface area contributed by atoms with Crippen molar-refractivity contribution in [2.75, 3.05) is 0 Å². The maximum atomic E-state index is 11.5. The van der Waals surface area contributed by atoms with E-state index in [1.807, 2.05) is 58.9 Å². The zero-order valence-electron chi connectivity index (χ0n) is 24.3. The van der Waals surface area contributed by atoms with E-state index < -0.39 is 11.9 Å². The minimum atomic E-state index is -0.891. The molecule has 3 aromatic heterocycles. The van der Waals surface area contributed by atoms with E-state index in [1.165, 1.54) is 0 Å². The first-order valence-electron chi connectivity index (χ1n) is 13.6. The maximum Gasteiger partial charge on any atom is 5.00 e. The van der Waals surface area contributed by atoms with Crippen molar-refractivity contribution in [1.29, 1.82) is 0 Å². The zero-order chi connectivity index (χ0) is 29.6. The minimum Gasteiger partial charge on any atom is -0.657 e. The van der Waals surface area contributed by atoms with Gasteiger partial charge in [-0.1, -0.05) is 53.1 Å². The third-order valence-corrected chi connectivity index (χ3v) is 8.13. The molecule has 0 atom stereocenters. The van der Waals surface area contributed by atoms with Crippen molar-refractivity contribution in [1.82, 2.24) is 19.9 Å². The molecule has 0 amide bonds. The normalized spacial score (nSPS) is 12.9. The van der Waals surface area contributed by atoms with Gasteiger partial charge in [-0.25, -0.2) is 9.97 Å². The summed E-state index contributed by atoms with van der Waals surface area (Å²) in [5.74, 6) is -1.78. The molecule has 2 aliphatic rings. The van der Waals surface area contributed by atoms with E-state index in [2.05, 4.69) is 6.58 Å². The number of carboxylic acid groups (broad SMARTS) is 2. The molecule has 3 aromatic rings. The van der Waals surface area contributed by atoms with E-state index in [4.69, 9.17) is 19.9 Å². The van der Waals surface area contributed by atoms with Gasteiger partial charge in [0.2, 0.25) is 0 Å². The predicted octanol–water partition coefficient (Wildman–Crippen LogP) is 6.43. The van der Waals surface area contributed by atoms with Crippen molar-refractivity contribution < 1.29 is 36.9 Å². The van der Waals surface area contributed by atoms with Crippen LogP contribution in [0.15, 0.2) is 36.9 Å².